The first kappa shape index (κ1) is 27.4. The summed E-state index contributed by atoms with van der Waals surface area (Å²) >= 11 is 0. The quantitative estimate of drug-likeness (QED) is 0.374. The van der Waals surface area contributed by atoms with Gasteiger partial charge in [0.2, 0.25) is 11.7 Å². The largest absolute Gasteiger partial charge is 0.497 e. The molecular formula is C27H30N2O7S. The number of ether oxygens (including phenoxy) is 4. The summed E-state index contributed by atoms with van der Waals surface area (Å²) in [5.41, 5.74) is 1.85. The van der Waals surface area contributed by atoms with Crippen LogP contribution in [-0.4, -0.2) is 54.7 Å². The summed E-state index contributed by atoms with van der Waals surface area (Å²) in [7, 11) is 4.03. The van der Waals surface area contributed by atoms with Crippen molar-refractivity contribution in [1.29, 1.82) is 0 Å². The van der Waals surface area contributed by atoms with E-state index in [1.807, 2.05) is 6.07 Å². The van der Waals surface area contributed by atoms with Crippen molar-refractivity contribution in [3.63, 3.8) is 0 Å². The van der Waals surface area contributed by atoms with E-state index in [2.05, 4.69) is 4.72 Å². The minimum atomic E-state index is -3.77. The lowest BCUT2D eigenvalue weighted by molar-refractivity contribution is -0.125. The van der Waals surface area contributed by atoms with Crippen molar-refractivity contribution in [3.8, 4) is 23.0 Å². The number of carbonyl (C=O) groups is 1. The highest BCUT2D eigenvalue weighted by Gasteiger charge is 2.18. The van der Waals surface area contributed by atoms with Crippen LogP contribution in [0.2, 0.25) is 0 Å². The molecule has 10 heteroatoms. The molecule has 0 aliphatic heterocycles. The van der Waals surface area contributed by atoms with Crippen LogP contribution < -0.4 is 23.7 Å². The zero-order valence-electron chi connectivity index (χ0n) is 21.3. The van der Waals surface area contributed by atoms with E-state index in [9.17, 15) is 13.2 Å². The third-order valence-corrected chi connectivity index (χ3v) is 6.92. The van der Waals surface area contributed by atoms with Crippen molar-refractivity contribution < 1.29 is 32.2 Å². The Morgan fingerprint density at radius 3 is 2.05 bits per heavy atom. The maximum Gasteiger partial charge on any atom is 0.261 e. The van der Waals surface area contributed by atoms with Gasteiger partial charge in [0.1, 0.15) is 5.75 Å². The van der Waals surface area contributed by atoms with Crippen molar-refractivity contribution in [2.24, 2.45) is 0 Å². The molecule has 0 atom stereocenters. The fourth-order valence-corrected chi connectivity index (χ4v) is 4.61. The first-order chi connectivity index (χ1) is 17.7. The lowest BCUT2D eigenvalue weighted by atomic mass is 10.1. The molecule has 0 saturated carbocycles. The highest BCUT2D eigenvalue weighted by atomic mass is 32.2. The third-order valence-electron chi connectivity index (χ3n) is 5.52. The van der Waals surface area contributed by atoms with E-state index in [-0.39, 0.29) is 17.3 Å². The van der Waals surface area contributed by atoms with Gasteiger partial charge in [-0.15, -0.1) is 0 Å². The predicted octanol–water partition coefficient (Wildman–Crippen LogP) is 4.19. The average molecular weight is 527 g/mol. The van der Waals surface area contributed by atoms with Gasteiger partial charge >= 0.3 is 0 Å². The van der Waals surface area contributed by atoms with Gasteiger partial charge in [-0.3, -0.25) is 9.52 Å². The smallest absolute Gasteiger partial charge is 0.261 e. The number of hydrogen-bond donors (Lipinski definition) is 1. The van der Waals surface area contributed by atoms with Crippen molar-refractivity contribution in [3.05, 3.63) is 77.9 Å². The number of methoxy groups -OCH3 is 4. The molecule has 0 spiro atoms. The summed E-state index contributed by atoms with van der Waals surface area (Å²) in [6.07, 6.45) is 3.05. The molecule has 1 amide bonds. The third kappa shape index (κ3) is 6.73. The van der Waals surface area contributed by atoms with Crippen LogP contribution in [-0.2, 0) is 21.4 Å². The highest BCUT2D eigenvalue weighted by Crippen LogP contribution is 2.40. The van der Waals surface area contributed by atoms with E-state index in [1.165, 1.54) is 51.5 Å². The molecule has 0 bridgehead atoms. The van der Waals surface area contributed by atoms with Gasteiger partial charge in [0, 0.05) is 30.9 Å². The summed E-state index contributed by atoms with van der Waals surface area (Å²) in [6, 6.07) is 16.4. The van der Waals surface area contributed by atoms with Crippen LogP contribution in [0.4, 0.5) is 5.69 Å². The fraction of sp³-hybridized carbons (Fsp3) is 0.222. The Morgan fingerprint density at radius 1 is 0.838 bits per heavy atom. The summed E-state index contributed by atoms with van der Waals surface area (Å²) in [6.45, 7) is 0.279. The fourth-order valence-electron chi connectivity index (χ4n) is 3.55. The number of hydrogen-bond acceptors (Lipinski definition) is 7. The number of likely N-dealkylation sites (N-methyl/N-ethyl adjacent to an activating group) is 1. The summed E-state index contributed by atoms with van der Waals surface area (Å²) in [5.74, 6) is 1.86. The van der Waals surface area contributed by atoms with Gasteiger partial charge in [-0.1, -0.05) is 12.1 Å². The Balaban J connectivity index is 1.66. The van der Waals surface area contributed by atoms with Crippen molar-refractivity contribution in [2.75, 3.05) is 40.2 Å². The summed E-state index contributed by atoms with van der Waals surface area (Å²) in [4.78, 5) is 14.3. The van der Waals surface area contributed by atoms with Crippen LogP contribution in [0.1, 0.15) is 11.1 Å². The molecule has 196 valence electrons. The molecule has 0 radical (unpaired) electrons. The molecule has 0 unspecified atom stereocenters. The molecule has 0 aliphatic carbocycles. The van der Waals surface area contributed by atoms with Gasteiger partial charge in [-0.05, 0) is 60.2 Å². The minimum Gasteiger partial charge on any atom is -0.497 e. The van der Waals surface area contributed by atoms with Crippen LogP contribution in [0.5, 0.6) is 23.0 Å². The van der Waals surface area contributed by atoms with Crippen molar-refractivity contribution >= 4 is 27.7 Å². The molecule has 9 nitrogen and oxygen atoms in total. The maximum atomic E-state index is 12.7. The monoisotopic (exact) mass is 526 g/mol. The second-order valence-electron chi connectivity index (χ2n) is 7.92. The minimum absolute atomic E-state index is 0.101. The number of rotatable bonds is 11. The Labute approximate surface area is 217 Å². The van der Waals surface area contributed by atoms with Crippen LogP contribution in [0.25, 0.3) is 6.08 Å². The second-order valence-corrected chi connectivity index (χ2v) is 9.61. The standard InChI is InChI=1S/C27H30N2O7S/c1-29(18-20-9-16-24(34-3)27(36-5)26(20)35-4)25(30)17-8-19-6-14-23(15-7-19)37(31,32)28-21-10-12-22(33-2)13-11-21/h6-17,28H,18H2,1-5H3/b17-8+. The van der Waals surface area contributed by atoms with Crippen molar-refractivity contribution in [2.45, 2.75) is 11.4 Å². The van der Waals surface area contributed by atoms with E-state index < -0.39 is 10.0 Å². The molecule has 37 heavy (non-hydrogen) atoms. The molecule has 3 aromatic carbocycles. The molecule has 0 heterocycles. The molecule has 3 aromatic rings. The van der Waals surface area contributed by atoms with E-state index in [0.29, 0.717) is 34.2 Å². The lowest BCUT2D eigenvalue weighted by Crippen LogP contribution is -2.24. The number of amides is 1. The average Bonchev–Trinajstić information content (AvgIpc) is 2.91. The van der Waals surface area contributed by atoms with Crippen molar-refractivity contribution in [1.82, 2.24) is 4.90 Å². The zero-order chi connectivity index (χ0) is 27.0. The molecular weight excluding hydrogens is 496 g/mol. The van der Waals surface area contributed by atoms with Gasteiger partial charge in [0.05, 0.1) is 33.3 Å². The van der Waals surface area contributed by atoms with Gasteiger partial charge in [0.25, 0.3) is 10.0 Å². The number of benzene rings is 3. The number of anilines is 1. The maximum absolute atomic E-state index is 12.7. The lowest BCUT2D eigenvalue weighted by Gasteiger charge is -2.20. The molecule has 1 N–H and O–H groups in total. The first-order valence-corrected chi connectivity index (χ1v) is 12.7. The van der Waals surface area contributed by atoms with Gasteiger partial charge in [-0.2, -0.15) is 0 Å². The summed E-state index contributed by atoms with van der Waals surface area (Å²) < 4.78 is 49.2. The Hall–Kier alpha value is -4.18. The number of sulfonamides is 1. The van der Waals surface area contributed by atoms with Crippen LogP contribution in [0, 0.1) is 0 Å². The van der Waals surface area contributed by atoms with Gasteiger partial charge in [0.15, 0.2) is 11.5 Å². The Bertz CT molecular complexity index is 1350. The molecule has 3 rings (SSSR count). The van der Waals surface area contributed by atoms with E-state index in [1.54, 1.807) is 55.6 Å². The summed E-state index contributed by atoms with van der Waals surface area (Å²) in [5, 5.41) is 0. The second kappa shape index (κ2) is 12.2. The van der Waals surface area contributed by atoms with Gasteiger partial charge < -0.3 is 23.8 Å². The normalized spacial score (nSPS) is 11.2. The molecule has 0 aliphatic rings. The van der Waals surface area contributed by atoms with Crippen LogP contribution in [0.15, 0.2) is 71.6 Å². The molecule has 0 fully saturated rings. The zero-order valence-corrected chi connectivity index (χ0v) is 22.2. The number of carbonyl (C=O) groups excluding carboxylic acids is 1. The first-order valence-electron chi connectivity index (χ1n) is 11.2. The molecule has 0 saturated heterocycles. The highest BCUT2D eigenvalue weighted by molar-refractivity contribution is 7.92. The van der Waals surface area contributed by atoms with Crippen LogP contribution >= 0.6 is 0 Å². The topological polar surface area (TPSA) is 103 Å². The predicted molar refractivity (Wildman–Crippen MR) is 142 cm³/mol. The van der Waals surface area contributed by atoms with Crippen LogP contribution in [0.3, 0.4) is 0 Å². The molecule has 0 aromatic heterocycles. The van der Waals surface area contributed by atoms with E-state index in [4.69, 9.17) is 18.9 Å². The number of nitrogens with one attached hydrogen (secondary N) is 1. The van der Waals surface area contributed by atoms with E-state index >= 15 is 0 Å². The Morgan fingerprint density at radius 2 is 1.49 bits per heavy atom. The Kier molecular flexibility index (Phi) is 9.02. The SMILES string of the molecule is COc1ccc(NS(=O)(=O)c2ccc(/C=C/C(=O)N(C)Cc3ccc(OC)c(OC)c3OC)cc2)cc1. The van der Waals surface area contributed by atoms with Gasteiger partial charge in [-0.25, -0.2) is 8.42 Å². The number of nitrogens with zero attached hydrogens (tertiary/aromatic N) is 1. The van der Waals surface area contributed by atoms with E-state index in [0.717, 1.165) is 5.56 Å².